The van der Waals surface area contributed by atoms with Gasteiger partial charge in [-0.2, -0.15) is 0 Å². The molecular weight excluding hydrogens is 294 g/mol. The molecule has 2 heterocycles. The molecule has 0 unspecified atom stereocenters. The lowest BCUT2D eigenvalue weighted by molar-refractivity contribution is -0.133. The number of hydrogen-bond acceptors (Lipinski definition) is 6. The van der Waals surface area contributed by atoms with Gasteiger partial charge in [-0.15, -0.1) is 0 Å². The van der Waals surface area contributed by atoms with Crippen LogP contribution in [-0.2, 0) is 21.2 Å². The quantitative estimate of drug-likeness (QED) is 0.598. The van der Waals surface area contributed by atoms with Crippen LogP contribution >= 0.6 is 0 Å². The largest absolute Gasteiger partial charge is 0.297 e. The van der Waals surface area contributed by atoms with Crippen LogP contribution in [-0.4, -0.2) is 53.5 Å². The summed E-state index contributed by atoms with van der Waals surface area (Å²) in [6.45, 7) is 1.52. The topological polar surface area (TPSA) is 99.6 Å². The van der Waals surface area contributed by atoms with Crippen molar-refractivity contribution in [3.63, 3.8) is 0 Å². The van der Waals surface area contributed by atoms with E-state index in [1.807, 2.05) is 18.2 Å². The van der Waals surface area contributed by atoms with Crippen LogP contribution in [0.1, 0.15) is 18.5 Å². The third kappa shape index (κ3) is 3.22. The second-order valence-corrected chi connectivity index (χ2v) is 7.63. The number of carbonyl (C=O) groups is 1. The fraction of sp³-hybridized carbons (Fsp3) is 0.538. The lowest BCUT2D eigenvalue weighted by Crippen LogP contribution is -2.57. The van der Waals surface area contributed by atoms with E-state index in [4.69, 9.17) is 5.21 Å². The molecule has 2 rings (SSSR count). The molecule has 2 N–H and O–H groups in total. The van der Waals surface area contributed by atoms with Gasteiger partial charge in [0.2, 0.25) is 0 Å². The minimum absolute atomic E-state index is 0.158. The Morgan fingerprint density at radius 3 is 2.57 bits per heavy atom. The number of rotatable bonds is 4. The molecule has 0 aromatic carbocycles. The van der Waals surface area contributed by atoms with Gasteiger partial charge >= 0.3 is 0 Å². The molecule has 0 bridgehead atoms. The number of nitrogens with zero attached hydrogens (tertiary/aromatic N) is 2. The SMILES string of the molecule is CS(=O)(=O)C1(C(=O)NO)CCN(Cc2ccccn2)CC1. The van der Waals surface area contributed by atoms with E-state index < -0.39 is 20.5 Å². The van der Waals surface area contributed by atoms with E-state index in [0.29, 0.717) is 19.6 Å². The van der Waals surface area contributed by atoms with Crippen molar-refractivity contribution >= 4 is 15.7 Å². The van der Waals surface area contributed by atoms with E-state index in [2.05, 4.69) is 9.88 Å². The standard InChI is InChI=1S/C13H19N3O4S/c1-21(19,20)13(12(17)15-18)5-8-16(9-6-13)10-11-4-2-3-7-14-11/h2-4,7,18H,5-6,8-10H2,1H3,(H,15,17). The second-order valence-electron chi connectivity index (χ2n) is 5.30. The summed E-state index contributed by atoms with van der Waals surface area (Å²) >= 11 is 0. The average molecular weight is 313 g/mol. The molecule has 1 aliphatic rings. The first-order chi connectivity index (χ1) is 9.89. The van der Waals surface area contributed by atoms with Crippen LogP contribution in [0.5, 0.6) is 0 Å². The van der Waals surface area contributed by atoms with Crippen molar-refractivity contribution in [3.05, 3.63) is 30.1 Å². The lowest BCUT2D eigenvalue weighted by Gasteiger charge is -2.38. The van der Waals surface area contributed by atoms with Crippen molar-refractivity contribution in [1.29, 1.82) is 0 Å². The number of carbonyl (C=O) groups excluding carboxylic acids is 1. The van der Waals surface area contributed by atoms with Crippen molar-refractivity contribution < 1.29 is 18.4 Å². The Morgan fingerprint density at radius 2 is 2.10 bits per heavy atom. The molecular formula is C13H19N3O4S. The van der Waals surface area contributed by atoms with Crippen molar-refractivity contribution in [3.8, 4) is 0 Å². The number of pyridine rings is 1. The summed E-state index contributed by atoms with van der Waals surface area (Å²) in [6, 6.07) is 5.63. The van der Waals surface area contributed by atoms with E-state index >= 15 is 0 Å². The molecule has 7 nitrogen and oxygen atoms in total. The Hall–Kier alpha value is -1.51. The maximum Gasteiger partial charge on any atom is 0.264 e. The molecule has 1 aromatic heterocycles. The average Bonchev–Trinajstić information content (AvgIpc) is 2.47. The van der Waals surface area contributed by atoms with Crippen molar-refractivity contribution in [2.75, 3.05) is 19.3 Å². The molecule has 21 heavy (non-hydrogen) atoms. The van der Waals surface area contributed by atoms with Crippen molar-refractivity contribution in [2.24, 2.45) is 0 Å². The Bertz CT molecular complexity index is 595. The Balaban J connectivity index is 2.08. The number of amides is 1. The number of hydrogen-bond donors (Lipinski definition) is 2. The molecule has 116 valence electrons. The first kappa shape index (κ1) is 15.9. The van der Waals surface area contributed by atoms with Gasteiger partial charge in [0.25, 0.3) is 5.91 Å². The highest BCUT2D eigenvalue weighted by Crippen LogP contribution is 2.31. The van der Waals surface area contributed by atoms with Gasteiger partial charge in [-0.1, -0.05) is 6.07 Å². The predicted molar refractivity (Wildman–Crippen MR) is 76.3 cm³/mol. The number of nitrogens with one attached hydrogen (secondary N) is 1. The molecule has 1 saturated heterocycles. The van der Waals surface area contributed by atoms with E-state index in [9.17, 15) is 13.2 Å². The van der Waals surface area contributed by atoms with Crippen LogP contribution in [0.2, 0.25) is 0 Å². The van der Waals surface area contributed by atoms with E-state index in [0.717, 1.165) is 11.9 Å². The van der Waals surface area contributed by atoms with Crippen molar-refractivity contribution in [2.45, 2.75) is 24.1 Å². The van der Waals surface area contributed by atoms with E-state index in [1.54, 1.807) is 6.20 Å². The van der Waals surface area contributed by atoms with Gasteiger partial charge in [-0.05, 0) is 25.0 Å². The fourth-order valence-electron chi connectivity index (χ4n) is 2.66. The minimum Gasteiger partial charge on any atom is -0.297 e. The Morgan fingerprint density at radius 1 is 1.43 bits per heavy atom. The highest BCUT2D eigenvalue weighted by atomic mass is 32.2. The normalized spacial score (nSPS) is 19.1. The van der Waals surface area contributed by atoms with Crippen LogP contribution in [0.4, 0.5) is 0 Å². The molecule has 1 aromatic rings. The molecule has 0 aliphatic carbocycles. The van der Waals surface area contributed by atoms with Crippen LogP contribution in [0.3, 0.4) is 0 Å². The summed E-state index contributed by atoms with van der Waals surface area (Å²) in [7, 11) is -3.61. The van der Waals surface area contributed by atoms with Crippen LogP contribution in [0, 0.1) is 0 Å². The smallest absolute Gasteiger partial charge is 0.264 e. The molecule has 1 fully saturated rings. The highest BCUT2D eigenvalue weighted by molar-refractivity contribution is 7.92. The van der Waals surface area contributed by atoms with Gasteiger partial charge in [0.1, 0.15) is 0 Å². The summed E-state index contributed by atoms with van der Waals surface area (Å²) in [6.07, 6.45) is 3.06. The van der Waals surface area contributed by atoms with Crippen LogP contribution in [0.15, 0.2) is 24.4 Å². The highest BCUT2D eigenvalue weighted by Gasteiger charge is 2.49. The first-order valence-corrected chi connectivity index (χ1v) is 8.54. The monoisotopic (exact) mass is 313 g/mol. The van der Waals surface area contributed by atoms with Crippen LogP contribution < -0.4 is 5.48 Å². The second kappa shape index (κ2) is 6.08. The zero-order valence-electron chi connectivity index (χ0n) is 11.8. The molecule has 0 spiro atoms. The summed E-state index contributed by atoms with van der Waals surface area (Å²) in [5.41, 5.74) is 2.40. The molecule has 1 aliphatic heterocycles. The van der Waals surface area contributed by atoms with E-state index in [-0.39, 0.29) is 12.8 Å². The number of hydroxylamine groups is 1. The number of likely N-dealkylation sites (tertiary alicyclic amines) is 1. The van der Waals surface area contributed by atoms with E-state index in [1.165, 1.54) is 5.48 Å². The molecule has 0 atom stereocenters. The first-order valence-electron chi connectivity index (χ1n) is 6.65. The fourth-order valence-corrected chi connectivity index (χ4v) is 3.97. The summed E-state index contributed by atoms with van der Waals surface area (Å²) in [5.74, 6) is -0.845. The van der Waals surface area contributed by atoms with Gasteiger partial charge < -0.3 is 0 Å². The van der Waals surface area contributed by atoms with Gasteiger partial charge in [-0.25, -0.2) is 13.9 Å². The maximum atomic E-state index is 12.0. The third-order valence-corrected chi connectivity index (χ3v) is 6.01. The number of sulfone groups is 1. The number of aromatic nitrogens is 1. The predicted octanol–water partition coefficient (Wildman–Crippen LogP) is -0.0338. The molecule has 1 amide bonds. The summed E-state index contributed by atoms with van der Waals surface area (Å²) in [4.78, 5) is 18.1. The van der Waals surface area contributed by atoms with Crippen LogP contribution in [0.25, 0.3) is 0 Å². The Labute approximate surface area is 123 Å². The molecule has 8 heteroatoms. The third-order valence-electron chi connectivity index (χ3n) is 4.00. The molecule has 0 saturated carbocycles. The summed E-state index contributed by atoms with van der Waals surface area (Å²) < 4.78 is 22.4. The van der Waals surface area contributed by atoms with Gasteiger partial charge in [0, 0.05) is 32.1 Å². The minimum atomic E-state index is -3.61. The van der Waals surface area contributed by atoms with Crippen molar-refractivity contribution in [1.82, 2.24) is 15.4 Å². The summed E-state index contributed by atoms with van der Waals surface area (Å²) in [5, 5.41) is 8.83. The van der Waals surface area contributed by atoms with Gasteiger partial charge in [0.15, 0.2) is 14.6 Å². The zero-order chi connectivity index (χ0) is 15.5. The van der Waals surface area contributed by atoms with Gasteiger partial charge in [0.05, 0.1) is 5.69 Å². The maximum absolute atomic E-state index is 12.0. The lowest BCUT2D eigenvalue weighted by atomic mass is 9.94. The Kier molecular flexibility index (Phi) is 4.60. The zero-order valence-corrected chi connectivity index (χ0v) is 12.6. The number of piperidine rings is 1. The molecule has 0 radical (unpaired) electrons. The van der Waals surface area contributed by atoms with Gasteiger partial charge in [-0.3, -0.25) is 19.9 Å².